The largest absolute Gasteiger partial charge is 0.497 e. The summed E-state index contributed by atoms with van der Waals surface area (Å²) >= 11 is 3.29. The van der Waals surface area contributed by atoms with E-state index in [4.69, 9.17) is 9.47 Å². The van der Waals surface area contributed by atoms with Crippen molar-refractivity contribution in [3.63, 3.8) is 0 Å². The molecule has 0 aliphatic heterocycles. The molecule has 3 N–H and O–H groups in total. The maximum absolute atomic E-state index is 12.7. The Labute approximate surface area is 183 Å². The van der Waals surface area contributed by atoms with E-state index in [1.165, 1.54) is 14.2 Å². The summed E-state index contributed by atoms with van der Waals surface area (Å²) in [5.74, 6) is -0.814. The molecule has 0 aliphatic carbocycles. The van der Waals surface area contributed by atoms with E-state index in [2.05, 4.69) is 32.1 Å². The highest BCUT2D eigenvalue weighted by Gasteiger charge is 2.25. The van der Waals surface area contributed by atoms with Crippen molar-refractivity contribution in [2.75, 3.05) is 14.2 Å². The number of methoxy groups -OCH3 is 2. The second kappa shape index (κ2) is 10.6. The highest BCUT2D eigenvalue weighted by Crippen LogP contribution is 2.22. The van der Waals surface area contributed by atoms with Gasteiger partial charge in [-0.25, -0.2) is 0 Å². The minimum Gasteiger partial charge on any atom is -0.497 e. The summed E-state index contributed by atoms with van der Waals surface area (Å²) in [5.41, 5.74) is 5.39. The van der Waals surface area contributed by atoms with E-state index >= 15 is 0 Å². The minimum atomic E-state index is -0.875. The molecule has 3 amide bonds. The van der Waals surface area contributed by atoms with Crippen LogP contribution in [0.3, 0.4) is 0 Å². The predicted molar refractivity (Wildman–Crippen MR) is 115 cm³/mol. The van der Waals surface area contributed by atoms with E-state index in [1.54, 1.807) is 56.3 Å². The summed E-state index contributed by atoms with van der Waals surface area (Å²) in [5, 5.41) is 2.69. The Bertz CT molecular complexity index is 893. The van der Waals surface area contributed by atoms with Crippen molar-refractivity contribution in [2.45, 2.75) is 19.9 Å². The van der Waals surface area contributed by atoms with Crippen LogP contribution in [0.5, 0.6) is 11.5 Å². The molecule has 8 nitrogen and oxygen atoms in total. The number of benzene rings is 2. The molecule has 2 aromatic rings. The number of amides is 3. The van der Waals surface area contributed by atoms with E-state index in [0.717, 1.165) is 4.47 Å². The molecule has 160 valence electrons. The Balaban J connectivity index is 2.06. The van der Waals surface area contributed by atoms with Gasteiger partial charge >= 0.3 is 0 Å². The fourth-order valence-electron chi connectivity index (χ4n) is 2.57. The van der Waals surface area contributed by atoms with Crippen molar-refractivity contribution in [2.24, 2.45) is 5.92 Å². The van der Waals surface area contributed by atoms with Crippen LogP contribution in [0.1, 0.15) is 34.6 Å². The number of halogens is 1. The van der Waals surface area contributed by atoms with E-state index in [1.807, 2.05) is 0 Å². The molecule has 9 heteroatoms. The van der Waals surface area contributed by atoms with Crippen LogP contribution in [-0.2, 0) is 4.79 Å². The highest BCUT2D eigenvalue weighted by atomic mass is 79.9. The Morgan fingerprint density at radius 2 is 1.40 bits per heavy atom. The molecule has 0 saturated carbocycles. The molecule has 0 unspecified atom stereocenters. The maximum Gasteiger partial charge on any atom is 0.269 e. The van der Waals surface area contributed by atoms with Crippen LogP contribution in [0, 0.1) is 5.92 Å². The summed E-state index contributed by atoms with van der Waals surface area (Å²) in [4.78, 5) is 37.5. The number of hydrazine groups is 1. The Morgan fingerprint density at radius 1 is 0.833 bits per heavy atom. The maximum atomic E-state index is 12.7. The number of hydrogen-bond acceptors (Lipinski definition) is 5. The summed E-state index contributed by atoms with van der Waals surface area (Å²) in [6, 6.07) is 10.5. The zero-order valence-corrected chi connectivity index (χ0v) is 18.7. The fourth-order valence-corrected chi connectivity index (χ4v) is 2.83. The van der Waals surface area contributed by atoms with Gasteiger partial charge in [0.25, 0.3) is 17.7 Å². The van der Waals surface area contributed by atoms with Crippen molar-refractivity contribution in [3.8, 4) is 11.5 Å². The minimum absolute atomic E-state index is 0.231. The predicted octanol–water partition coefficient (Wildman–Crippen LogP) is 2.68. The van der Waals surface area contributed by atoms with Gasteiger partial charge in [-0.2, -0.15) is 0 Å². The lowest BCUT2D eigenvalue weighted by atomic mass is 10.0. The molecule has 0 radical (unpaired) electrons. The van der Waals surface area contributed by atoms with Gasteiger partial charge in [-0.15, -0.1) is 0 Å². The SMILES string of the molecule is COc1cc(OC)cc(C(=O)N[C@H](C(=O)NNC(=O)c2ccc(Br)cc2)C(C)C)c1. The van der Waals surface area contributed by atoms with E-state index in [-0.39, 0.29) is 11.5 Å². The molecule has 0 fully saturated rings. The summed E-state index contributed by atoms with van der Waals surface area (Å²) in [7, 11) is 2.96. The van der Waals surface area contributed by atoms with Gasteiger partial charge in [0.2, 0.25) is 0 Å². The molecule has 0 heterocycles. The third kappa shape index (κ3) is 6.21. The van der Waals surface area contributed by atoms with Crippen LogP contribution < -0.4 is 25.6 Å². The second-order valence-electron chi connectivity index (χ2n) is 6.75. The normalized spacial score (nSPS) is 11.4. The highest BCUT2D eigenvalue weighted by molar-refractivity contribution is 9.10. The first kappa shape index (κ1) is 23.2. The van der Waals surface area contributed by atoms with Crippen molar-refractivity contribution in [3.05, 3.63) is 58.1 Å². The van der Waals surface area contributed by atoms with Crippen LogP contribution in [-0.4, -0.2) is 38.0 Å². The second-order valence-corrected chi connectivity index (χ2v) is 7.66. The zero-order valence-electron chi connectivity index (χ0n) is 17.1. The molecular weight excluding hydrogens is 454 g/mol. The molecule has 1 atom stereocenters. The topological polar surface area (TPSA) is 106 Å². The quantitative estimate of drug-likeness (QED) is 0.531. The summed E-state index contributed by atoms with van der Waals surface area (Å²) in [6.07, 6.45) is 0. The number of carbonyl (C=O) groups excluding carboxylic acids is 3. The fraction of sp³-hybridized carbons (Fsp3) is 0.286. The molecule has 2 aromatic carbocycles. The number of rotatable bonds is 7. The van der Waals surface area contributed by atoms with Crippen molar-refractivity contribution >= 4 is 33.7 Å². The third-order valence-electron chi connectivity index (χ3n) is 4.26. The number of ether oxygens (including phenoxy) is 2. The van der Waals surface area contributed by atoms with Gasteiger partial charge in [0, 0.05) is 21.7 Å². The van der Waals surface area contributed by atoms with Crippen molar-refractivity contribution in [1.29, 1.82) is 0 Å². The lowest BCUT2D eigenvalue weighted by Crippen LogP contribution is -2.54. The van der Waals surface area contributed by atoms with Gasteiger partial charge < -0.3 is 14.8 Å². The van der Waals surface area contributed by atoms with E-state index in [9.17, 15) is 14.4 Å². The van der Waals surface area contributed by atoms with Gasteiger partial charge in [0.15, 0.2) is 0 Å². The lowest BCUT2D eigenvalue weighted by Gasteiger charge is -2.22. The monoisotopic (exact) mass is 477 g/mol. The Morgan fingerprint density at radius 3 is 1.90 bits per heavy atom. The molecular formula is C21H24BrN3O5. The first-order valence-corrected chi connectivity index (χ1v) is 9.94. The van der Waals surface area contributed by atoms with Crippen LogP contribution in [0.4, 0.5) is 0 Å². The summed E-state index contributed by atoms with van der Waals surface area (Å²) < 4.78 is 11.2. The zero-order chi connectivity index (χ0) is 22.3. The first-order valence-electron chi connectivity index (χ1n) is 9.14. The van der Waals surface area contributed by atoms with Crippen molar-refractivity contribution in [1.82, 2.24) is 16.2 Å². The van der Waals surface area contributed by atoms with Crippen LogP contribution in [0.25, 0.3) is 0 Å². The first-order chi connectivity index (χ1) is 14.2. The Kier molecular flexibility index (Phi) is 8.23. The van der Waals surface area contributed by atoms with E-state index < -0.39 is 23.8 Å². The van der Waals surface area contributed by atoms with Crippen LogP contribution in [0.15, 0.2) is 46.9 Å². The van der Waals surface area contributed by atoms with Gasteiger partial charge in [-0.3, -0.25) is 25.2 Å². The van der Waals surface area contributed by atoms with Gasteiger partial charge in [-0.05, 0) is 42.3 Å². The van der Waals surface area contributed by atoms with E-state index in [0.29, 0.717) is 17.1 Å². The number of hydrogen-bond donors (Lipinski definition) is 3. The van der Waals surface area contributed by atoms with Crippen LogP contribution in [0.2, 0.25) is 0 Å². The Hall–Kier alpha value is -3.07. The molecule has 2 rings (SSSR count). The van der Waals surface area contributed by atoms with Crippen molar-refractivity contribution < 1.29 is 23.9 Å². The number of nitrogens with one attached hydrogen (secondary N) is 3. The van der Waals surface area contributed by atoms with Crippen LogP contribution >= 0.6 is 15.9 Å². The lowest BCUT2D eigenvalue weighted by molar-refractivity contribution is -0.124. The smallest absolute Gasteiger partial charge is 0.269 e. The number of carbonyl (C=O) groups is 3. The van der Waals surface area contributed by atoms with Gasteiger partial charge in [0.1, 0.15) is 17.5 Å². The molecule has 0 aromatic heterocycles. The molecule has 0 saturated heterocycles. The summed E-state index contributed by atoms with van der Waals surface area (Å²) in [6.45, 7) is 3.57. The standard InChI is InChI=1S/C21H24BrN3O5/c1-12(2)18(21(28)25-24-20(27)13-5-7-15(22)8-6-13)23-19(26)14-9-16(29-3)11-17(10-14)30-4/h5-12,18H,1-4H3,(H,23,26)(H,24,27)(H,25,28)/t18-/m0/s1. The molecule has 30 heavy (non-hydrogen) atoms. The molecule has 0 bridgehead atoms. The average molecular weight is 478 g/mol. The van der Waals surface area contributed by atoms with Gasteiger partial charge in [0.05, 0.1) is 14.2 Å². The molecule has 0 aliphatic rings. The molecule has 0 spiro atoms. The third-order valence-corrected chi connectivity index (χ3v) is 4.78. The average Bonchev–Trinajstić information content (AvgIpc) is 2.75. The van der Waals surface area contributed by atoms with Gasteiger partial charge in [-0.1, -0.05) is 29.8 Å².